The molecule has 7 heteroatoms. The van der Waals surface area contributed by atoms with Crippen LogP contribution in [-0.4, -0.2) is 78.1 Å². The molecule has 6 rings (SSSR count). The number of likely N-dealkylation sites (N-methyl/N-ethyl adjacent to an activating group) is 1. The molecule has 3 heterocycles. The van der Waals surface area contributed by atoms with Crippen molar-refractivity contribution in [3.63, 3.8) is 0 Å². The van der Waals surface area contributed by atoms with Crippen LogP contribution in [0.2, 0.25) is 0 Å². The van der Waals surface area contributed by atoms with Gasteiger partial charge in [-0.1, -0.05) is 6.07 Å². The van der Waals surface area contributed by atoms with Gasteiger partial charge in [0.1, 0.15) is 5.75 Å². The number of aryl methyl sites for hydroxylation is 2. The molecule has 1 fully saturated rings. The molecule has 0 radical (unpaired) electrons. The minimum absolute atomic E-state index is 0.124. The molecule has 2 amide bonds. The number of ether oxygens (including phenoxy) is 1. The van der Waals surface area contributed by atoms with Gasteiger partial charge in [0.25, 0.3) is 11.8 Å². The Morgan fingerprint density at radius 1 is 0.939 bits per heavy atom. The van der Waals surface area contributed by atoms with E-state index in [-0.39, 0.29) is 11.8 Å². The van der Waals surface area contributed by atoms with Crippen molar-refractivity contribution in [2.24, 2.45) is 0 Å². The monoisotopic (exact) mass is 446 g/mol. The first kappa shape index (κ1) is 20.7. The smallest absolute Gasteiger partial charge is 0.263 e. The van der Waals surface area contributed by atoms with Crippen molar-refractivity contribution in [1.82, 2.24) is 19.3 Å². The fraction of sp³-hybridized carbons (Fsp3) is 0.462. The number of methoxy groups -OCH3 is 1. The quantitative estimate of drug-likeness (QED) is 0.577. The number of carbonyl (C=O) groups is 2. The van der Waals surface area contributed by atoms with Gasteiger partial charge in [-0.05, 0) is 56.5 Å². The molecule has 3 aliphatic rings. The molecule has 3 aromatic rings. The maximum absolute atomic E-state index is 13.9. The highest BCUT2D eigenvalue weighted by Gasteiger charge is 2.43. The Morgan fingerprint density at radius 3 is 2.39 bits per heavy atom. The molecular formula is C26H30N4O3. The number of nitrogens with zero attached hydrogens (tertiary/aromatic N) is 4. The largest absolute Gasteiger partial charge is 0.496 e. The van der Waals surface area contributed by atoms with Crippen molar-refractivity contribution in [3.8, 4) is 5.75 Å². The highest BCUT2D eigenvalue weighted by Crippen LogP contribution is 2.46. The Hall–Kier alpha value is -2.90. The molecule has 7 nitrogen and oxygen atoms in total. The number of fused-ring (bicyclic) bond motifs is 8. The summed E-state index contributed by atoms with van der Waals surface area (Å²) in [6, 6.07) is 6.04. The summed E-state index contributed by atoms with van der Waals surface area (Å²) in [6.45, 7) is 6.92. The summed E-state index contributed by atoms with van der Waals surface area (Å²) < 4.78 is 8.06. The number of aromatic nitrogens is 1. The summed E-state index contributed by atoms with van der Waals surface area (Å²) in [5.41, 5.74) is 5.75. The molecule has 0 saturated carbocycles. The topological polar surface area (TPSA) is 58.0 Å². The second kappa shape index (κ2) is 7.57. The van der Waals surface area contributed by atoms with Gasteiger partial charge in [-0.2, -0.15) is 0 Å². The van der Waals surface area contributed by atoms with E-state index in [9.17, 15) is 9.59 Å². The molecule has 0 spiro atoms. The van der Waals surface area contributed by atoms with Crippen LogP contribution >= 0.6 is 0 Å². The molecule has 1 aliphatic carbocycles. The summed E-state index contributed by atoms with van der Waals surface area (Å²) >= 11 is 0. The Morgan fingerprint density at radius 2 is 1.67 bits per heavy atom. The number of rotatable bonds is 4. The van der Waals surface area contributed by atoms with Crippen LogP contribution in [0.1, 0.15) is 45.2 Å². The van der Waals surface area contributed by atoms with Crippen molar-refractivity contribution < 1.29 is 14.3 Å². The van der Waals surface area contributed by atoms with Gasteiger partial charge in [0, 0.05) is 38.1 Å². The maximum atomic E-state index is 13.9. The minimum atomic E-state index is -0.158. The molecule has 0 bridgehead atoms. The van der Waals surface area contributed by atoms with Gasteiger partial charge in [0.2, 0.25) is 0 Å². The summed E-state index contributed by atoms with van der Waals surface area (Å²) in [5, 5.41) is 1.85. The third-order valence-electron chi connectivity index (χ3n) is 7.75. The number of carbonyl (C=O) groups excluding carboxylic acids is 2. The third kappa shape index (κ3) is 2.82. The maximum Gasteiger partial charge on any atom is 0.263 e. The van der Waals surface area contributed by atoms with Crippen molar-refractivity contribution in [1.29, 1.82) is 0 Å². The van der Waals surface area contributed by atoms with Crippen LogP contribution in [-0.2, 0) is 19.4 Å². The van der Waals surface area contributed by atoms with Gasteiger partial charge in [0.15, 0.2) is 0 Å². The van der Waals surface area contributed by atoms with Gasteiger partial charge in [-0.15, -0.1) is 0 Å². The van der Waals surface area contributed by atoms with Crippen LogP contribution in [0, 0.1) is 0 Å². The van der Waals surface area contributed by atoms with Crippen LogP contribution in [0.3, 0.4) is 0 Å². The summed E-state index contributed by atoms with van der Waals surface area (Å²) in [7, 11) is 3.78. The summed E-state index contributed by atoms with van der Waals surface area (Å²) in [4.78, 5) is 33.6. The van der Waals surface area contributed by atoms with Gasteiger partial charge >= 0.3 is 0 Å². The second-order valence-corrected chi connectivity index (χ2v) is 9.48. The molecule has 1 aromatic heterocycles. The Labute approximate surface area is 193 Å². The van der Waals surface area contributed by atoms with Gasteiger partial charge in [0.05, 0.1) is 41.3 Å². The van der Waals surface area contributed by atoms with Crippen LogP contribution < -0.4 is 4.74 Å². The van der Waals surface area contributed by atoms with Crippen molar-refractivity contribution in [2.45, 2.75) is 32.7 Å². The van der Waals surface area contributed by atoms with Crippen molar-refractivity contribution in [3.05, 3.63) is 40.5 Å². The molecule has 2 aliphatic heterocycles. The number of benzene rings is 2. The zero-order valence-corrected chi connectivity index (χ0v) is 19.6. The van der Waals surface area contributed by atoms with Crippen LogP contribution in [0.15, 0.2) is 18.2 Å². The molecule has 0 N–H and O–H groups in total. The van der Waals surface area contributed by atoms with Crippen LogP contribution in [0.25, 0.3) is 21.8 Å². The van der Waals surface area contributed by atoms with E-state index in [1.807, 2.05) is 12.1 Å². The molecule has 172 valence electrons. The lowest BCUT2D eigenvalue weighted by atomic mass is 9.93. The minimum Gasteiger partial charge on any atom is -0.496 e. The lowest BCUT2D eigenvalue weighted by Crippen LogP contribution is -2.50. The predicted octanol–water partition coefficient (Wildman–Crippen LogP) is 3.11. The molecule has 0 atom stereocenters. The van der Waals surface area contributed by atoms with Crippen LogP contribution in [0.5, 0.6) is 5.75 Å². The first-order valence-corrected chi connectivity index (χ1v) is 12.0. The number of hydrogen-bond acceptors (Lipinski definition) is 5. The fourth-order valence-corrected chi connectivity index (χ4v) is 6.11. The van der Waals surface area contributed by atoms with Crippen molar-refractivity contribution >= 4 is 33.6 Å². The Balaban J connectivity index is 1.60. The third-order valence-corrected chi connectivity index (χ3v) is 7.75. The average molecular weight is 447 g/mol. The van der Waals surface area contributed by atoms with Crippen LogP contribution in [0.4, 0.5) is 0 Å². The van der Waals surface area contributed by atoms with Crippen molar-refractivity contribution in [2.75, 3.05) is 47.0 Å². The van der Waals surface area contributed by atoms with Gasteiger partial charge in [-0.3, -0.25) is 19.4 Å². The number of piperazine rings is 1. The standard InChI is InChI=1S/C26H30N4O3/c1-4-29-18-9-6-10-19(33-3)21(18)22-23-20(16-7-5-8-17(16)24(22)29)25(31)30(26(23)32)15-28-13-11-27(2)12-14-28/h6,9-10H,4-5,7-8,11-15H2,1-3H3. The van der Waals surface area contributed by atoms with E-state index in [2.05, 4.69) is 34.4 Å². The Bertz CT molecular complexity index is 1320. The van der Waals surface area contributed by atoms with Gasteiger partial charge in [-0.25, -0.2) is 0 Å². The molecule has 0 unspecified atom stereocenters. The Kier molecular flexibility index (Phi) is 4.74. The number of imide groups is 1. The first-order valence-electron chi connectivity index (χ1n) is 12.0. The molecule has 1 saturated heterocycles. The zero-order chi connectivity index (χ0) is 22.9. The lowest BCUT2D eigenvalue weighted by Gasteiger charge is -2.34. The number of amides is 2. The van der Waals surface area contributed by atoms with E-state index in [1.165, 1.54) is 10.5 Å². The summed E-state index contributed by atoms with van der Waals surface area (Å²) in [6.07, 6.45) is 2.82. The van der Waals surface area contributed by atoms with Gasteiger partial charge < -0.3 is 14.2 Å². The highest BCUT2D eigenvalue weighted by atomic mass is 16.5. The normalized spacial score (nSPS) is 19.2. The van der Waals surface area contributed by atoms with E-state index in [0.29, 0.717) is 17.8 Å². The fourth-order valence-electron chi connectivity index (χ4n) is 6.11. The molecular weight excluding hydrogens is 416 g/mol. The van der Waals surface area contributed by atoms with E-state index in [4.69, 9.17) is 4.74 Å². The predicted molar refractivity (Wildman–Crippen MR) is 128 cm³/mol. The molecule has 2 aromatic carbocycles. The van der Waals surface area contributed by atoms with E-state index >= 15 is 0 Å². The average Bonchev–Trinajstić information content (AvgIpc) is 3.49. The zero-order valence-electron chi connectivity index (χ0n) is 19.6. The summed E-state index contributed by atoms with van der Waals surface area (Å²) in [5.74, 6) is 0.471. The SMILES string of the molecule is CCn1c2cccc(OC)c2c2c3c(c4c(c21)CCC4)C(=O)N(CN1CCN(C)CC1)C3=O. The lowest BCUT2D eigenvalue weighted by molar-refractivity contribution is 0.0476. The highest BCUT2D eigenvalue weighted by molar-refractivity contribution is 6.32. The second-order valence-electron chi connectivity index (χ2n) is 9.48. The first-order chi connectivity index (χ1) is 16.0. The molecule has 33 heavy (non-hydrogen) atoms. The number of hydrogen-bond donors (Lipinski definition) is 0. The van der Waals surface area contributed by atoms with E-state index < -0.39 is 0 Å². The van der Waals surface area contributed by atoms with E-state index in [1.54, 1.807) is 7.11 Å². The van der Waals surface area contributed by atoms with E-state index in [0.717, 1.165) is 85.1 Å².